The van der Waals surface area contributed by atoms with Crippen LogP contribution in [0.25, 0.3) is 0 Å². The van der Waals surface area contributed by atoms with E-state index in [0.717, 1.165) is 18.4 Å². The van der Waals surface area contributed by atoms with Crippen molar-refractivity contribution in [3.05, 3.63) is 0 Å². The molecule has 0 saturated heterocycles. The third-order valence-electron chi connectivity index (χ3n) is 4.01. The van der Waals surface area contributed by atoms with Crippen molar-refractivity contribution in [2.45, 2.75) is 63.8 Å². The second kappa shape index (κ2) is 8.03. The zero-order valence-electron chi connectivity index (χ0n) is 13.7. The highest BCUT2D eigenvalue weighted by molar-refractivity contribution is 6.76. The SMILES string of the molecule is CN(C[C@@H](N)CC1CCCC1)C(=O)OCC[Si](C)(C)C. The third kappa shape index (κ3) is 7.29. The Morgan fingerprint density at radius 1 is 1.35 bits per heavy atom. The number of nitrogens with zero attached hydrogens (tertiary/aromatic N) is 1. The molecule has 0 heterocycles. The van der Waals surface area contributed by atoms with E-state index in [1.54, 1.807) is 11.9 Å². The molecule has 1 saturated carbocycles. The number of amides is 1. The summed E-state index contributed by atoms with van der Waals surface area (Å²) in [4.78, 5) is 13.5. The molecule has 0 aromatic heterocycles. The topological polar surface area (TPSA) is 55.6 Å². The average Bonchev–Trinajstić information content (AvgIpc) is 2.79. The maximum Gasteiger partial charge on any atom is 0.409 e. The van der Waals surface area contributed by atoms with Crippen molar-refractivity contribution in [3.63, 3.8) is 0 Å². The van der Waals surface area contributed by atoms with E-state index in [2.05, 4.69) is 19.6 Å². The summed E-state index contributed by atoms with van der Waals surface area (Å²) in [6.45, 7) is 7.98. The summed E-state index contributed by atoms with van der Waals surface area (Å²) >= 11 is 0. The Kier molecular flexibility index (Phi) is 7.02. The third-order valence-corrected chi connectivity index (χ3v) is 5.71. The van der Waals surface area contributed by atoms with Gasteiger partial charge in [0, 0.05) is 27.7 Å². The Balaban J connectivity index is 2.19. The molecule has 0 unspecified atom stereocenters. The highest BCUT2D eigenvalue weighted by Gasteiger charge is 2.21. The Morgan fingerprint density at radius 3 is 2.50 bits per heavy atom. The number of rotatable bonds is 7. The van der Waals surface area contributed by atoms with Gasteiger partial charge >= 0.3 is 6.09 Å². The van der Waals surface area contributed by atoms with Crippen molar-refractivity contribution >= 4 is 14.2 Å². The number of nitrogens with two attached hydrogens (primary N) is 1. The van der Waals surface area contributed by atoms with Gasteiger partial charge in [-0.1, -0.05) is 45.3 Å². The summed E-state index contributed by atoms with van der Waals surface area (Å²) in [6.07, 6.45) is 6.09. The van der Waals surface area contributed by atoms with E-state index in [4.69, 9.17) is 10.5 Å². The minimum atomic E-state index is -1.14. The summed E-state index contributed by atoms with van der Waals surface area (Å²) in [7, 11) is 0.647. The van der Waals surface area contributed by atoms with Crippen molar-refractivity contribution in [1.29, 1.82) is 0 Å². The van der Waals surface area contributed by atoms with Crippen LogP contribution in [0.3, 0.4) is 0 Å². The minimum Gasteiger partial charge on any atom is -0.450 e. The molecule has 0 aromatic rings. The lowest BCUT2D eigenvalue weighted by Crippen LogP contribution is -2.40. The number of hydrogen-bond acceptors (Lipinski definition) is 3. The molecule has 0 aliphatic heterocycles. The van der Waals surface area contributed by atoms with Gasteiger partial charge in [0.15, 0.2) is 0 Å². The van der Waals surface area contributed by atoms with Crippen LogP contribution in [0.2, 0.25) is 25.7 Å². The molecule has 1 amide bonds. The summed E-state index contributed by atoms with van der Waals surface area (Å²) < 4.78 is 5.32. The largest absolute Gasteiger partial charge is 0.450 e. The van der Waals surface area contributed by atoms with Crippen LogP contribution >= 0.6 is 0 Å². The average molecular weight is 301 g/mol. The quantitative estimate of drug-likeness (QED) is 0.734. The molecule has 2 N–H and O–H groups in total. The first kappa shape index (κ1) is 17.5. The number of carbonyl (C=O) groups is 1. The van der Waals surface area contributed by atoms with Gasteiger partial charge in [0.2, 0.25) is 0 Å². The molecule has 0 radical (unpaired) electrons. The molecule has 5 heteroatoms. The van der Waals surface area contributed by atoms with Gasteiger partial charge in [0.1, 0.15) is 0 Å². The highest BCUT2D eigenvalue weighted by atomic mass is 28.3. The van der Waals surface area contributed by atoms with Crippen LogP contribution < -0.4 is 5.73 Å². The Morgan fingerprint density at radius 2 is 1.95 bits per heavy atom. The van der Waals surface area contributed by atoms with Gasteiger partial charge in [-0.2, -0.15) is 0 Å². The van der Waals surface area contributed by atoms with E-state index in [9.17, 15) is 4.79 Å². The van der Waals surface area contributed by atoms with Gasteiger partial charge < -0.3 is 15.4 Å². The van der Waals surface area contributed by atoms with Gasteiger partial charge in [-0.3, -0.25) is 0 Å². The normalized spacial score (nSPS) is 18.1. The number of hydrogen-bond donors (Lipinski definition) is 1. The van der Waals surface area contributed by atoms with Crippen molar-refractivity contribution < 1.29 is 9.53 Å². The van der Waals surface area contributed by atoms with Crippen LogP contribution in [0, 0.1) is 5.92 Å². The molecule has 4 nitrogen and oxygen atoms in total. The zero-order valence-corrected chi connectivity index (χ0v) is 14.7. The fourth-order valence-electron chi connectivity index (χ4n) is 2.73. The van der Waals surface area contributed by atoms with E-state index in [-0.39, 0.29) is 12.1 Å². The van der Waals surface area contributed by atoms with Crippen molar-refractivity contribution in [1.82, 2.24) is 4.90 Å². The summed E-state index contributed by atoms with van der Waals surface area (Å²) in [5.74, 6) is 0.765. The first-order valence-electron chi connectivity index (χ1n) is 7.91. The molecule has 0 aromatic carbocycles. The van der Waals surface area contributed by atoms with Gasteiger partial charge in [-0.25, -0.2) is 4.79 Å². The van der Waals surface area contributed by atoms with Crippen molar-refractivity contribution in [3.8, 4) is 0 Å². The Labute approximate surface area is 125 Å². The lowest BCUT2D eigenvalue weighted by atomic mass is 9.99. The molecule has 1 fully saturated rings. The van der Waals surface area contributed by atoms with Gasteiger partial charge in [0.25, 0.3) is 0 Å². The number of likely N-dealkylation sites (N-methyl/N-ethyl adjacent to an activating group) is 1. The molecule has 1 rings (SSSR count). The van der Waals surface area contributed by atoms with Crippen LogP contribution in [0.15, 0.2) is 0 Å². The first-order chi connectivity index (χ1) is 9.28. The summed E-state index contributed by atoms with van der Waals surface area (Å²) in [5, 5.41) is 0. The van der Waals surface area contributed by atoms with Crippen LogP contribution in [0.4, 0.5) is 4.79 Å². The van der Waals surface area contributed by atoms with Gasteiger partial charge in [0.05, 0.1) is 6.61 Å². The molecule has 1 atom stereocenters. The molecule has 0 bridgehead atoms. The predicted octanol–water partition coefficient (Wildman–Crippen LogP) is 3.30. The van der Waals surface area contributed by atoms with E-state index in [0.29, 0.717) is 13.2 Å². The van der Waals surface area contributed by atoms with E-state index < -0.39 is 8.07 Å². The van der Waals surface area contributed by atoms with E-state index in [1.807, 2.05) is 0 Å². The lowest BCUT2D eigenvalue weighted by molar-refractivity contribution is 0.113. The molecule has 1 aliphatic carbocycles. The first-order valence-corrected chi connectivity index (χ1v) is 11.6. The fraction of sp³-hybridized carbons (Fsp3) is 0.933. The Bertz CT molecular complexity index is 299. The smallest absolute Gasteiger partial charge is 0.409 e. The summed E-state index contributed by atoms with van der Waals surface area (Å²) in [6, 6.07) is 1.09. The monoisotopic (exact) mass is 300 g/mol. The van der Waals surface area contributed by atoms with Crippen LogP contribution in [0.1, 0.15) is 32.1 Å². The zero-order chi connectivity index (χ0) is 15.2. The maximum atomic E-state index is 11.9. The molecule has 0 spiro atoms. The van der Waals surface area contributed by atoms with E-state index >= 15 is 0 Å². The van der Waals surface area contributed by atoms with Crippen molar-refractivity contribution in [2.75, 3.05) is 20.2 Å². The molecular formula is C15H32N2O2Si. The molecule has 1 aliphatic rings. The maximum absolute atomic E-state index is 11.9. The van der Waals surface area contributed by atoms with Gasteiger partial charge in [-0.15, -0.1) is 0 Å². The predicted molar refractivity (Wildman–Crippen MR) is 86.7 cm³/mol. The number of ether oxygens (including phenoxy) is 1. The van der Waals surface area contributed by atoms with Crippen LogP contribution in [-0.2, 0) is 4.74 Å². The van der Waals surface area contributed by atoms with Crippen molar-refractivity contribution in [2.24, 2.45) is 11.7 Å². The van der Waals surface area contributed by atoms with Gasteiger partial charge in [-0.05, 0) is 18.4 Å². The minimum absolute atomic E-state index is 0.0765. The standard InChI is InChI=1S/C15H32N2O2Si/c1-17(15(18)19-9-10-20(2,3)4)12-14(16)11-13-7-5-6-8-13/h13-14H,5-12,16H2,1-4H3/t14-/m0/s1. The lowest BCUT2D eigenvalue weighted by Gasteiger charge is -2.23. The Hall–Kier alpha value is -0.553. The summed E-state index contributed by atoms with van der Waals surface area (Å²) in [5.41, 5.74) is 6.15. The fourth-order valence-corrected chi connectivity index (χ4v) is 3.44. The van der Waals surface area contributed by atoms with E-state index in [1.165, 1.54) is 25.7 Å². The number of carbonyl (C=O) groups excluding carboxylic acids is 1. The molecule has 20 heavy (non-hydrogen) atoms. The highest BCUT2D eigenvalue weighted by Crippen LogP contribution is 2.28. The van der Waals surface area contributed by atoms with Crippen LogP contribution in [0.5, 0.6) is 0 Å². The second-order valence-corrected chi connectivity index (χ2v) is 13.1. The van der Waals surface area contributed by atoms with Crippen LogP contribution in [-0.4, -0.2) is 45.3 Å². The molecule has 118 valence electrons. The molecular weight excluding hydrogens is 268 g/mol. The second-order valence-electron chi connectivity index (χ2n) is 7.45.